The molecule has 3 aromatic rings. The number of carbonyl (C=O) groups is 1. The van der Waals surface area contributed by atoms with E-state index in [2.05, 4.69) is 10.3 Å². The maximum atomic E-state index is 12.7. The van der Waals surface area contributed by atoms with E-state index in [1.165, 1.54) is 0 Å². The molecule has 0 aliphatic rings. The van der Waals surface area contributed by atoms with Crippen LogP contribution in [-0.4, -0.2) is 10.9 Å². The zero-order valence-electron chi connectivity index (χ0n) is 12.5. The predicted molar refractivity (Wildman–Crippen MR) is 93.6 cm³/mol. The minimum atomic E-state index is -0.182. The number of amides is 1. The van der Waals surface area contributed by atoms with Crippen molar-refractivity contribution in [1.82, 2.24) is 4.98 Å². The highest BCUT2D eigenvalue weighted by atomic mass is 16.1. The van der Waals surface area contributed by atoms with Crippen LogP contribution >= 0.6 is 0 Å². The van der Waals surface area contributed by atoms with Crippen molar-refractivity contribution in [2.45, 2.75) is 0 Å². The fraction of sp³-hybridized carbons (Fsp3) is 0. The average Bonchev–Trinajstić information content (AvgIpc) is 2.62. The first-order valence-corrected chi connectivity index (χ1v) is 7.37. The Morgan fingerprint density at radius 3 is 2.13 bits per heavy atom. The van der Waals surface area contributed by atoms with Gasteiger partial charge in [0.05, 0.1) is 0 Å². The largest absolute Gasteiger partial charge is 0.307 e. The molecule has 0 aliphatic heterocycles. The summed E-state index contributed by atoms with van der Waals surface area (Å²) < 4.78 is 0. The highest BCUT2D eigenvalue weighted by Crippen LogP contribution is 2.20. The molecule has 3 rings (SSSR count). The number of carbonyl (C=O) groups excluding carboxylic acids is 1. The summed E-state index contributed by atoms with van der Waals surface area (Å²) in [6, 6.07) is 24.8. The van der Waals surface area contributed by atoms with Gasteiger partial charge in [0.1, 0.15) is 5.82 Å². The Hall–Kier alpha value is -3.20. The Balaban J connectivity index is 1.95. The molecule has 0 saturated carbocycles. The van der Waals surface area contributed by atoms with Crippen molar-refractivity contribution in [2.75, 3.05) is 5.32 Å². The van der Waals surface area contributed by atoms with Gasteiger partial charge in [0.15, 0.2) is 0 Å². The number of nitrogens with one attached hydrogen (secondary N) is 1. The molecule has 112 valence electrons. The van der Waals surface area contributed by atoms with Gasteiger partial charge in [-0.15, -0.1) is 0 Å². The van der Waals surface area contributed by atoms with Gasteiger partial charge in [-0.3, -0.25) is 4.79 Å². The van der Waals surface area contributed by atoms with Crippen molar-refractivity contribution in [3.05, 3.63) is 96.2 Å². The molecule has 0 saturated heterocycles. The van der Waals surface area contributed by atoms with Crippen LogP contribution in [0, 0.1) is 0 Å². The Bertz CT molecular complexity index is 797. The normalized spacial score (nSPS) is 11.0. The zero-order chi connectivity index (χ0) is 15.9. The van der Waals surface area contributed by atoms with E-state index < -0.39 is 0 Å². The number of aromatic nitrogens is 1. The van der Waals surface area contributed by atoms with Crippen molar-refractivity contribution in [3.63, 3.8) is 0 Å². The van der Waals surface area contributed by atoms with E-state index in [0.29, 0.717) is 11.4 Å². The van der Waals surface area contributed by atoms with Crippen LogP contribution in [-0.2, 0) is 4.79 Å². The van der Waals surface area contributed by atoms with Crippen LogP contribution in [0.4, 0.5) is 5.82 Å². The number of nitrogens with zero attached hydrogens (tertiary/aromatic N) is 1. The lowest BCUT2D eigenvalue weighted by molar-refractivity contribution is -0.111. The third-order valence-electron chi connectivity index (χ3n) is 3.35. The first-order valence-electron chi connectivity index (χ1n) is 7.37. The summed E-state index contributed by atoms with van der Waals surface area (Å²) in [6.07, 6.45) is 3.53. The van der Waals surface area contributed by atoms with Gasteiger partial charge < -0.3 is 5.32 Å². The molecule has 23 heavy (non-hydrogen) atoms. The molecule has 3 nitrogen and oxygen atoms in total. The highest BCUT2D eigenvalue weighted by Gasteiger charge is 2.12. The quantitative estimate of drug-likeness (QED) is 0.578. The first-order chi connectivity index (χ1) is 11.3. The molecular formula is C20H16N2O. The van der Waals surface area contributed by atoms with Crippen LogP contribution in [0.15, 0.2) is 85.1 Å². The Kier molecular flexibility index (Phi) is 4.60. The molecule has 0 aliphatic carbocycles. The van der Waals surface area contributed by atoms with E-state index in [9.17, 15) is 4.79 Å². The molecule has 0 radical (unpaired) electrons. The summed E-state index contributed by atoms with van der Waals surface area (Å²) in [5.74, 6) is 0.353. The van der Waals surface area contributed by atoms with E-state index >= 15 is 0 Å². The third-order valence-corrected chi connectivity index (χ3v) is 3.35. The Morgan fingerprint density at radius 1 is 0.826 bits per heavy atom. The van der Waals surface area contributed by atoms with Crippen molar-refractivity contribution in [1.29, 1.82) is 0 Å². The zero-order valence-corrected chi connectivity index (χ0v) is 12.5. The molecule has 0 spiro atoms. The number of pyridine rings is 1. The molecule has 0 fully saturated rings. The predicted octanol–water partition coefficient (Wildman–Crippen LogP) is 4.26. The molecule has 1 aromatic heterocycles. The molecule has 0 unspecified atom stereocenters. The highest BCUT2D eigenvalue weighted by molar-refractivity contribution is 6.29. The van der Waals surface area contributed by atoms with Gasteiger partial charge in [-0.25, -0.2) is 4.98 Å². The second-order valence-corrected chi connectivity index (χ2v) is 5.00. The van der Waals surface area contributed by atoms with Crippen molar-refractivity contribution in [3.8, 4) is 0 Å². The first kappa shape index (κ1) is 14.7. The number of benzene rings is 2. The van der Waals surface area contributed by atoms with Gasteiger partial charge in [0, 0.05) is 11.8 Å². The SMILES string of the molecule is O=C(Nc1ccccn1)C(=Cc1ccccc1)c1ccccc1. The van der Waals surface area contributed by atoms with Gasteiger partial charge >= 0.3 is 0 Å². The summed E-state index contributed by atoms with van der Waals surface area (Å²) in [5, 5.41) is 2.84. The van der Waals surface area contributed by atoms with Gasteiger partial charge in [0.2, 0.25) is 0 Å². The molecule has 3 heteroatoms. The van der Waals surface area contributed by atoms with Crippen LogP contribution < -0.4 is 5.32 Å². The van der Waals surface area contributed by atoms with Crippen LogP contribution in [0.2, 0.25) is 0 Å². The lowest BCUT2D eigenvalue weighted by Crippen LogP contribution is -2.14. The number of anilines is 1. The van der Waals surface area contributed by atoms with Crippen molar-refractivity contribution in [2.24, 2.45) is 0 Å². The average molecular weight is 300 g/mol. The molecule has 1 heterocycles. The van der Waals surface area contributed by atoms with Crippen molar-refractivity contribution >= 4 is 23.4 Å². The molecule has 2 aromatic carbocycles. The minimum absolute atomic E-state index is 0.182. The van der Waals surface area contributed by atoms with Crippen LogP contribution in [0.3, 0.4) is 0 Å². The maximum absolute atomic E-state index is 12.7. The van der Waals surface area contributed by atoms with Crippen molar-refractivity contribution < 1.29 is 4.79 Å². The lowest BCUT2D eigenvalue weighted by atomic mass is 10.0. The monoisotopic (exact) mass is 300 g/mol. The Labute approximate surface area is 135 Å². The molecule has 1 N–H and O–H groups in total. The number of rotatable bonds is 4. The fourth-order valence-electron chi connectivity index (χ4n) is 2.23. The fourth-order valence-corrected chi connectivity index (χ4v) is 2.23. The van der Waals surface area contributed by atoms with E-state index in [-0.39, 0.29) is 5.91 Å². The summed E-state index contributed by atoms with van der Waals surface area (Å²) >= 11 is 0. The summed E-state index contributed by atoms with van der Waals surface area (Å²) in [5.41, 5.74) is 2.44. The smallest absolute Gasteiger partial charge is 0.257 e. The van der Waals surface area contributed by atoms with Gasteiger partial charge in [-0.05, 0) is 29.3 Å². The summed E-state index contributed by atoms with van der Waals surface area (Å²) in [6.45, 7) is 0. The summed E-state index contributed by atoms with van der Waals surface area (Å²) in [7, 11) is 0. The maximum Gasteiger partial charge on any atom is 0.257 e. The standard InChI is InChI=1S/C20H16N2O/c23-20(22-19-13-7-8-14-21-19)18(17-11-5-2-6-12-17)15-16-9-3-1-4-10-16/h1-15H,(H,21,22,23). The molecule has 1 amide bonds. The second kappa shape index (κ2) is 7.18. The van der Waals surface area contributed by atoms with Gasteiger partial charge in [-0.2, -0.15) is 0 Å². The van der Waals surface area contributed by atoms with Crippen LogP contribution in [0.25, 0.3) is 11.6 Å². The van der Waals surface area contributed by atoms with E-state index in [4.69, 9.17) is 0 Å². The molecular weight excluding hydrogens is 284 g/mol. The van der Waals surface area contributed by atoms with E-state index in [1.807, 2.05) is 78.9 Å². The van der Waals surface area contributed by atoms with Crippen LogP contribution in [0.5, 0.6) is 0 Å². The second-order valence-electron chi connectivity index (χ2n) is 5.00. The molecule has 0 bridgehead atoms. The van der Waals surface area contributed by atoms with E-state index in [0.717, 1.165) is 11.1 Å². The summed E-state index contributed by atoms with van der Waals surface area (Å²) in [4.78, 5) is 16.8. The number of hydrogen-bond donors (Lipinski definition) is 1. The van der Waals surface area contributed by atoms with Gasteiger partial charge in [-0.1, -0.05) is 66.7 Å². The Morgan fingerprint density at radius 2 is 1.48 bits per heavy atom. The van der Waals surface area contributed by atoms with Crippen LogP contribution in [0.1, 0.15) is 11.1 Å². The number of hydrogen-bond acceptors (Lipinski definition) is 2. The topological polar surface area (TPSA) is 42.0 Å². The third kappa shape index (κ3) is 3.92. The van der Waals surface area contributed by atoms with Gasteiger partial charge in [0.25, 0.3) is 5.91 Å². The lowest BCUT2D eigenvalue weighted by Gasteiger charge is -2.09. The van der Waals surface area contributed by atoms with E-state index in [1.54, 1.807) is 12.3 Å². The minimum Gasteiger partial charge on any atom is -0.307 e. The molecule has 0 atom stereocenters.